The molecule has 0 bridgehead atoms. The van der Waals surface area contributed by atoms with Gasteiger partial charge >= 0.3 is 0 Å². The Kier molecular flexibility index (Phi) is 3.45. The molecule has 1 aliphatic carbocycles. The van der Waals surface area contributed by atoms with Crippen LogP contribution in [0.3, 0.4) is 0 Å². The van der Waals surface area contributed by atoms with Gasteiger partial charge in [0.25, 0.3) is 5.56 Å². The van der Waals surface area contributed by atoms with Crippen molar-refractivity contribution in [1.29, 1.82) is 5.26 Å². The van der Waals surface area contributed by atoms with E-state index in [0.29, 0.717) is 10.8 Å². The quantitative estimate of drug-likeness (QED) is 0.626. The van der Waals surface area contributed by atoms with E-state index in [-0.39, 0.29) is 17.2 Å². The van der Waals surface area contributed by atoms with E-state index in [0.717, 1.165) is 31.1 Å². The molecule has 1 saturated carbocycles. The van der Waals surface area contributed by atoms with Gasteiger partial charge < -0.3 is 0 Å². The van der Waals surface area contributed by atoms with Crippen LogP contribution >= 0.6 is 11.8 Å². The number of aromatic nitrogens is 3. The fourth-order valence-electron chi connectivity index (χ4n) is 2.78. The lowest BCUT2D eigenvalue weighted by Gasteiger charge is -2.16. The Labute approximate surface area is 120 Å². The Bertz CT molecular complexity index is 756. The SMILES string of the molecule is CSc1ncc2cc(C#N)c(=O)n(C3CCCC3)c2n1. The van der Waals surface area contributed by atoms with Crippen molar-refractivity contribution in [1.82, 2.24) is 14.5 Å². The van der Waals surface area contributed by atoms with Gasteiger partial charge in [-0.25, -0.2) is 9.97 Å². The molecule has 2 aromatic rings. The number of fused-ring (bicyclic) bond motifs is 1. The fourth-order valence-corrected chi connectivity index (χ4v) is 3.12. The van der Waals surface area contributed by atoms with Crippen molar-refractivity contribution >= 4 is 22.8 Å². The van der Waals surface area contributed by atoms with E-state index in [2.05, 4.69) is 9.97 Å². The summed E-state index contributed by atoms with van der Waals surface area (Å²) in [6.45, 7) is 0. The van der Waals surface area contributed by atoms with Gasteiger partial charge in [0.15, 0.2) is 5.16 Å². The van der Waals surface area contributed by atoms with Crippen LogP contribution in [0.25, 0.3) is 11.0 Å². The zero-order chi connectivity index (χ0) is 14.1. The molecule has 0 radical (unpaired) electrons. The van der Waals surface area contributed by atoms with Crippen LogP contribution in [0, 0.1) is 11.3 Å². The summed E-state index contributed by atoms with van der Waals surface area (Å²) in [5.74, 6) is 0. The third kappa shape index (κ3) is 2.08. The summed E-state index contributed by atoms with van der Waals surface area (Å²) in [5, 5.41) is 10.5. The maximum atomic E-state index is 12.5. The van der Waals surface area contributed by atoms with E-state index in [1.54, 1.807) is 16.8 Å². The molecule has 0 spiro atoms. The number of hydrogen-bond donors (Lipinski definition) is 0. The summed E-state index contributed by atoms with van der Waals surface area (Å²) in [5.41, 5.74) is 0.600. The Morgan fingerprint density at radius 3 is 2.85 bits per heavy atom. The normalized spacial score (nSPS) is 15.6. The summed E-state index contributed by atoms with van der Waals surface area (Å²) in [6.07, 6.45) is 7.79. The number of hydrogen-bond acceptors (Lipinski definition) is 5. The van der Waals surface area contributed by atoms with E-state index in [9.17, 15) is 4.79 Å². The minimum atomic E-state index is -0.224. The first-order chi connectivity index (χ1) is 9.74. The Hall–Kier alpha value is -1.87. The second-order valence-corrected chi connectivity index (χ2v) is 5.69. The molecule has 2 aromatic heterocycles. The number of nitrogens with zero attached hydrogens (tertiary/aromatic N) is 4. The van der Waals surface area contributed by atoms with Crippen LogP contribution in [0.2, 0.25) is 0 Å². The second kappa shape index (κ2) is 5.25. The summed E-state index contributed by atoms with van der Waals surface area (Å²) in [6, 6.07) is 3.73. The standard InChI is InChI=1S/C14H14N4OS/c1-20-14-16-8-10-6-9(7-15)13(19)18(12(10)17-14)11-4-2-3-5-11/h6,8,11H,2-5H2,1H3. The highest BCUT2D eigenvalue weighted by molar-refractivity contribution is 7.98. The highest BCUT2D eigenvalue weighted by Gasteiger charge is 2.22. The highest BCUT2D eigenvalue weighted by Crippen LogP contribution is 2.30. The van der Waals surface area contributed by atoms with E-state index >= 15 is 0 Å². The minimum Gasteiger partial charge on any atom is -0.288 e. The van der Waals surface area contributed by atoms with Crippen molar-refractivity contribution in [2.24, 2.45) is 0 Å². The number of pyridine rings is 1. The maximum Gasteiger partial charge on any atom is 0.270 e. The van der Waals surface area contributed by atoms with Crippen LogP contribution in [-0.4, -0.2) is 20.8 Å². The van der Waals surface area contributed by atoms with Gasteiger partial charge in [-0.05, 0) is 25.2 Å². The third-order valence-corrected chi connectivity index (χ3v) is 4.31. The van der Waals surface area contributed by atoms with Crippen molar-refractivity contribution in [3.05, 3.63) is 28.2 Å². The van der Waals surface area contributed by atoms with Gasteiger partial charge in [0, 0.05) is 17.6 Å². The molecule has 0 aliphatic heterocycles. The second-order valence-electron chi connectivity index (χ2n) is 4.92. The molecule has 5 nitrogen and oxygen atoms in total. The van der Waals surface area contributed by atoms with Crippen molar-refractivity contribution < 1.29 is 0 Å². The van der Waals surface area contributed by atoms with Crippen LogP contribution in [0.1, 0.15) is 37.3 Å². The van der Waals surface area contributed by atoms with Crippen molar-refractivity contribution in [3.63, 3.8) is 0 Å². The molecule has 3 rings (SSSR count). The van der Waals surface area contributed by atoms with Gasteiger partial charge in [-0.2, -0.15) is 5.26 Å². The van der Waals surface area contributed by atoms with Crippen molar-refractivity contribution in [2.75, 3.05) is 6.26 Å². The molecule has 0 unspecified atom stereocenters. The first-order valence-electron chi connectivity index (χ1n) is 6.61. The van der Waals surface area contributed by atoms with E-state index < -0.39 is 0 Å². The fraction of sp³-hybridized carbons (Fsp3) is 0.429. The predicted molar refractivity (Wildman–Crippen MR) is 77.8 cm³/mol. The molecule has 0 aromatic carbocycles. The lowest BCUT2D eigenvalue weighted by molar-refractivity contribution is 0.513. The van der Waals surface area contributed by atoms with Crippen LogP contribution in [0.4, 0.5) is 0 Å². The zero-order valence-corrected chi connectivity index (χ0v) is 12.0. The number of rotatable bonds is 2. The van der Waals surface area contributed by atoms with Crippen LogP contribution in [0.15, 0.2) is 22.2 Å². The van der Waals surface area contributed by atoms with E-state index in [1.165, 1.54) is 11.8 Å². The Morgan fingerprint density at radius 2 is 2.20 bits per heavy atom. The predicted octanol–water partition coefficient (Wildman–Crippen LogP) is 2.50. The molecule has 0 N–H and O–H groups in total. The molecule has 102 valence electrons. The molecule has 6 heteroatoms. The van der Waals surface area contributed by atoms with Crippen LogP contribution in [-0.2, 0) is 0 Å². The molecule has 0 amide bonds. The van der Waals surface area contributed by atoms with Crippen LogP contribution < -0.4 is 5.56 Å². The summed E-state index contributed by atoms with van der Waals surface area (Å²) >= 11 is 1.45. The van der Waals surface area contributed by atoms with Crippen molar-refractivity contribution in [2.45, 2.75) is 36.9 Å². The number of nitriles is 1. The Balaban J connectivity index is 2.34. The van der Waals surface area contributed by atoms with Gasteiger partial charge in [0.1, 0.15) is 17.3 Å². The van der Waals surface area contributed by atoms with Crippen molar-refractivity contribution in [3.8, 4) is 6.07 Å². The number of thioether (sulfide) groups is 1. The molecule has 1 aliphatic rings. The largest absolute Gasteiger partial charge is 0.288 e. The molecule has 0 saturated heterocycles. The molecule has 0 atom stereocenters. The zero-order valence-electron chi connectivity index (χ0n) is 11.2. The first kappa shape index (κ1) is 13.1. The third-order valence-electron chi connectivity index (χ3n) is 3.74. The Morgan fingerprint density at radius 1 is 1.45 bits per heavy atom. The summed E-state index contributed by atoms with van der Waals surface area (Å²) < 4.78 is 1.71. The lowest BCUT2D eigenvalue weighted by atomic mass is 10.2. The summed E-state index contributed by atoms with van der Waals surface area (Å²) in [7, 11) is 0. The molecule has 20 heavy (non-hydrogen) atoms. The average molecular weight is 286 g/mol. The molecule has 2 heterocycles. The van der Waals surface area contributed by atoms with Gasteiger partial charge in [-0.3, -0.25) is 9.36 Å². The maximum absolute atomic E-state index is 12.5. The lowest BCUT2D eigenvalue weighted by Crippen LogP contribution is -2.26. The van der Waals surface area contributed by atoms with Gasteiger partial charge in [-0.15, -0.1) is 0 Å². The van der Waals surface area contributed by atoms with E-state index in [1.807, 2.05) is 12.3 Å². The first-order valence-corrected chi connectivity index (χ1v) is 7.83. The molecular weight excluding hydrogens is 272 g/mol. The smallest absolute Gasteiger partial charge is 0.270 e. The van der Waals surface area contributed by atoms with E-state index in [4.69, 9.17) is 5.26 Å². The summed E-state index contributed by atoms with van der Waals surface area (Å²) in [4.78, 5) is 21.2. The molecule has 1 fully saturated rings. The average Bonchev–Trinajstić information content (AvgIpc) is 2.99. The molecular formula is C14H14N4OS. The van der Waals surface area contributed by atoms with Gasteiger partial charge in [0.05, 0.1) is 0 Å². The van der Waals surface area contributed by atoms with Crippen LogP contribution in [0.5, 0.6) is 0 Å². The topological polar surface area (TPSA) is 71.6 Å². The minimum absolute atomic E-state index is 0.155. The highest BCUT2D eigenvalue weighted by atomic mass is 32.2. The van der Waals surface area contributed by atoms with Gasteiger partial charge in [0.2, 0.25) is 0 Å². The monoisotopic (exact) mass is 286 g/mol. The van der Waals surface area contributed by atoms with Gasteiger partial charge in [-0.1, -0.05) is 24.6 Å².